The van der Waals surface area contributed by atoms with Crippen LogP contribution < -0.4 is 14.4 Å². The van der Waals surface area contributed by atoms with Gasteiger partial charge < -0.3 is 19.1 Å². The Hall–Kier alpha value is -3.81. The Morgan fingerprint density at radius 1 is 1.19 bits per heavy atom. The van der Waals surface area contributed by atoms with Crippen LogP contribution in [0.3, 0.4) is 0 Å². The molecule has 0 saturated heterocycles. The highest BCUT2D eigenvalue weighted by Gasteiger charge is 2.51. The summed E-state index contributed by atoms with van der Waals surface area (Å²) in [6.45, 7) is 2.16. The number of aromatic nitrogens is 2. The number of carbonyl (C=O) groups is 1. The molecule has 194 valence electrons. The molecular weight excluding hydrogens is 473 g/mol. The maximum Gasteiger partial charge on any atom is 0.316 e. The van der Waals surface area contributed by atoms with Crippen LogP contribution in [0.2, 0.25) is 0 Å². The van der Waals surface area contributed by atoms with Crippen LogP contribution in [0.15, 0.2) is 54.2 Å². The highest BCUT2D eigenvalue weighted by molar-refractivity contribution is 5.85. The summed E-state index contributed by atoms with van der Waals surface area (Å²) in [4.78, 5) is 15.8. The van der Waals surface area contributed by atoms with Gasteiger partial charge in [0.05, 0.1) is 49.5 Å². The molecule has 7 nitrogen and oxygen atoms in total. The van der Waals surface area contributed by atoms with E-state index >= 15 is 0 Å². The van der Waals surface area contributed by atoms with Crippen LogP contribution in [0.5, 0.6) is 11.5 Å². The van der Waals surface area contributed by atoms with E-state index in [9.17, 15) is 9.18 Å². The largest absolute Gasteiger partial charge is 0.497 e. The molecule has 8 heteroatoms. The van der Waals surface area contributed by atoms with Gasteiger partial charge in [0, 0.05) is 19.2 Å². The average molecular weight is 506 g/mol. The van der Waals surface area contributed by atoms with Crippen LogP contribution in [-0.4, -0.2) is 49.7 Å². The molecule has 0 bridgehead atoms. The van der Waals surface area contributed by atoms with Gasteiger partial charge in [0.15, 0.2) is 0 Å². The number of methoxy groups -OCH3 is 2. The lowest BCUT2D eigenvalue weighted by atomic mass is 9.62. The van der Waals surface area contributed by atoms with Crippen molar-refractivity contribution in [3.8, 4) is 17.2 Å². The molecule has 0 amide bonds. The maximum absolute atomic E-state index is 13.6. The Bertz CT molecular complexity index is 1330. The zero-order valence-corrected chi connectivity index (χ0v) is 21.7. The lowest BCUT2D eigenvalue weighted by Gasteiger charge is -2.46. The third-order valence-corrected chi connectivity index (χ3v) is 7.69. The van der Waals surface area contributed by atoms with Crippen molar-refractivity contribution in [3.63, 3.8) is 0 Å². The molecule has 5 rings (SSSR count). The Morgan fingerprint density at radius 2 is 1.97 bits per heavy atom. The maximum atomic E-state index is 13.6. The lowest BCUT2D eigenvalue weighted by Crippen LogP contribution is -2.48. The number of fused-ring (bicyclic) bond motifs is 2. The second kappa shape index (κ2) is 9.92. The Morgan fingerprint density at radius 3 is 2.68 bits per heavy atom. The molecule has 0 aliphatic heterocycles. The van der Waals surface area contributed by atoms with E-state index in [-0.39, 0.29) is 17.8 Å². The summed E-state index contributed by atoms with van der Waals surface area (Å²) in [5.41, 5.74) is 3.94. The topological polar surface area (TPSA) is 65.8 Å². The van der Waals surface area contributed by atoms with E-state index in [4.69, 9.17) is 14.2 Å². The van der Waals surface area contributed by atoms with Crippen molar-refractivity contribution >= 4 is 17.7 Å². The fourth-order valence-corrected chi connectivity index (χ4v) is 5.71. The fraction of sp³-hybridized carbons (Fsp3) is 0.379. The molecular formula is C29H32FN3O4. The van der Waals surface area contributed by atoms with E-state index in [1.54, 1.807) is 26.4 Å². The van der Waals surface area contributed by atoms with Crippen LogP contribution in [-0.2, 0) is 16.0 Å². The summed E-state index contributed by atoms with van der Waals surface area (Å²) >= 11 is 0. The van der Waals surface area contributed by atoms with Gasteiger partial charge >= 0.3 is 5.97 Å². The molecule has 1 fully saturated rings. The molecule has 0 spiro atoms. The van der Waals surface area contributed by atoms with Crippen molar-refractivity contribution in [2.45, 2.75) is 38.6 Å². The molecule has 0 N–H and O–H groups in total. The van der Waals surface area contributed by atoms with Gasteiger partial charge in [-0.15, -0.1) is 0 Å². The minimum absolute atomic E-state index is 0.0949. The number of hydrogen-bond donors (Lipinski definition) is 0. The van der Waals surface area contributed by atoms with Crippen molar-refractivity contribution in [1.29, 1.82) is 0 Å². The SMILES string of the molecule is CCOC(=O)[C@]12Cc3cnn(-c4ccc(F)cc4)c3C=C1CC[C@H](N(C)c1ccc(OC)cc1OC)C2. The standard InChI is InChI=1S/C29H32FN3O4/c1-5-37-28(34)29-16-19-18-31-33(22-10-7-21(30)8-11-22)26(19)14-20(29)6-9-23(17-29)32(2)25-13-12-24(35-3)15-27(25)36-4/h7-8,10-15,18,23H,5-6,9,16-17H2,1-4H3/t23-,29-/m0/s1. The zero-order valence-electron chi connectivity index (χ0n) is 21.7. The number of hydrogen-bond acceptors (Lipinski definition) is 6. The van der Waals surface area contributed by atoms with Gasteiger partial charge in [-0.1, -0.05) is 5.57 Å². The summed E-state index contributed by atoms with van der Waals surface area (Å²) in [6, 6.07) is 12.2. The van der Waals surface area contributed by atoms with E-state index in [2.05, 4.69) is 16.1 Å². The first-order chi connectivity index (χ1) is 17.9. The number of halogens is 1. The van der Waals surface area contributed by atoms with E-state index < -0.39 is 5.41 Å². The summed E-state index contributed by atoms with van der Waals surface area (Å²) in [7, 11) is 5.32. The number of anilines is 1. The minimum atomic E-state index is -0.767. The number of carbonyl (C=O) groups excluding carboxylic acids is 1. The van der Waals surface area contributed by atoms with Gasteiger partial charge in [0.2, 0.25) is 0 Å². The normalized spacial score (nSPS) is 20.4. The highest BCUT2D eigenvalue weighted by Crippen LogP contribution is 2.51. The number of rotatable bonds is 7. The summed E-state index contributed by atoms with van der Waals surface area (Å²) in [6.07, 6.45) is 6.66. The molecule has 0 unspecified atom stereocenters. The molecule has 2 aromatic carbocycles. The van der Waals surface area contributed by atoms with Crippen LogP contribution in [0, 0.1) is 11.2 Å². The van der Waals surface area contributed by atoms with Crippen molar-refractivity contribution in [3.05, 3.63) is 71.3 Å². The Labute approximate surface area is 216 Å². The van der Waals surface area contributed by atoms with Crippen molar-refractivity contribution in [2.75, 3.05) is 32.8 Å². The second-order valence-electron chi connectivity index (χ2n) is 9.64. The summed E-state index contributed by atoms with van der Waals surface area (Å²) < 4.78 is 32.0. The van der Waals surface area contributed by atoms with Gasteiger partial charge in [-0.05, 0) is 80.6 Å². The highest BCUT2D eigenvalue weighted by atomic mass is 19.1. The van der Waals surface area contributed by atoms with Crippen LogP contribution in [0.25, 0.3) is 11.8 Å². The van der Waals surface area contributed by atoms with Crippen molar-refractivity contribution < 1.29 is 23.4 Å². The van der Waals surface area contributed by atoms with E-state index in [1.807, 2.05) is 43.0 Å². The minimum Gasteiger partial charge on any atom is -0.497 e. The van der Waals surface area contributed by atoms with Crippen molar-refractivity contribution in [2.24, 2.45) is 5.41 Å². The first-order valence-corrected chi connectivity index (χ1v) is 12.6. The zero-order chi connectivity index (χ0) is 26.2. The summed E-state index contributed by atoms with van der Waals surface area (Å²) in [5, 5.41) is 4.59. The molecule has 37 heavy (non-hydrogen) atoms. The first-order valence-electron chi connectivity index (χ1n) is 12.6. The quantitative estimate of drug-likeness (QED) is 0.411. The van der Waals surface area contributed by atoms with Crippen LogP contribution in [0.1, 0.15) is 37.4 Å². The van der Waals surface area contributed by atoms with Crippen LogP contribution in [0.4, 0.5) is 10.1 Å². The number of benzene rings is 2. The molecule has 2 atom stereocenters. The van der Waals surface area contributed by atoms with Crippen LogP contribution >= 0.6 is 0 Å². The number of nitrogens with zero attached hydrogens (tertiary/aromatic N) is 3. The van der Waals surface area contributed by atoms with Gasteiger partial charge in [-0.3, -0.25) is 4.79 Å². The first kappa shape index (κ1) is 24.9. The predicted octanol–water partition coefficient (Wildman–Crippen LogP) is 5.21. The Kier molecular flexibility index (Phi) is 6.67. The van der Waals surface area contributed by atoms with Gasteiger partial charge in [0.1, 0.15) is 17.3 Å². The molecule has 1 heterocycles. The smallest absolute Gasteiger partial charge is 0.316 e. The van der Waals surface area contributed by atoms with E-state index in [0.29, 0.717) is 19.4 Å². The van der Waals surface area contributed by atoms with Gasteiger partial charge in [-0.25, -0.2) is 9.07 Å². The van der Waals surface area contributed by atoms with E-state index in [0.717, 1.165) is 52.5 Å². The van der Waals surface area contributed by atoms with Crippen molar-refractivity contribution in [1.82, 2.24) is 9.78 Å². The summed E-state index contributed by atoms with van der Waals surface area (Å²) in [5.74, 6) is 0.963. The fourth-order valence-electron chi connectivity index (χ4n) is 5.71. The average Bonchev–Trinajstić information content (AvgIpc) is 3.33. The second-order valence-corrected chi connectivity index (χ2v) is 9.64. The molecule has 3 aromatic rings. The van der Waals surface area contributed by atoms with Gasteiger partial charge in [-0.2, -0.15) is 5.10 Å². The third kappa shape index (κ3) is 4.34. The van der Waals surface area contributed by atoms with Gasteiger partial charge in [0.25, 0.3) is 0 Å². The molecule has 2 aliphatic carbocycles. The number of ether oxygens (including phenoxy) is 3. The molecule has 0 radical (unpaired) electrons. The molecule has 1 saturated carbocycles. The predicted molar refractivity (Wildman–Crippen MR) is 140 cm³/mol. The number of esters is 1. The molecule has 2 aliphatic rings. The monoisotopic (exact) mass is 505 g/mol. The van der Waals surface area contributed by atoms with E-state index in [1.165, 1.54) is 12.1 Å². The third-order valence-electron chi connectivity index (χ3n) is 7.69. The lowest BCUT2D eigenvalue weighted by molar-refractivity contribution is -0.154. The Balaban J connectivity index is 1.50. The molecule has 1 aromatic heterocycles.